The normalized spacial score (nSPS) is 25.9. The van der Waals surface area contributed by atoms with Gasteiger partial charge in [-0.2, -0.15) is 0 Å². The Morgan fingerprint density at radius 3 is 2.67 bits per heavy atom. The molecule has 1 fully saturated rings. The van der Waals surface area contributed by atoms with Gasteiger partial charge in [0.25, 0.3) is 0 Å². The quantitative estimate of drug-likeness (QED) is 0.842. The minimum atomic E-state index is 0.342. The Balaban J connectivity index is 1.90. The summed E-state index contributed by atoms with van der Waals surface area (Å²) in [5.41, 5.74) is 1.26. The van der Waals surface area contributed by atoms with Crippen molar-refractivity contribution in [1.29, 1.82) is 0 Å². The second kappa shape index (κ2) is 6.24. The van der Waals surface area contributed by atoms with Crippen molar-refractivity contribution in [3.8, 4) is 5.75 Å². The van der Waals surface area contributed by atoms with Crippen LogP contribution in [0.2, 0.25) is 0 Å². The van der Waals surface area contributed by atoms with Crippen LogP contribution in [0, 0.1) is 5.92 Å². The van der Waals surface area contributed by atoms with Crippen LogP contribution in [0.25, 0.3) is 0 Å². The van der Waals surface area contributed by atoms with E-state index in [9.17, 15) is 5.11 Å². The molecule has 1 aromatic carbocycles. The fourth-order valence-corrected chi connectivity index (χ4v) is 3.03. The molecule has 0 aromatic heterocycles. The lowest BCUT2D eigenvalue weighted by Crippen LogP contribution is -2.35. The van der Waals surface area contributed by atoms with Gasteiger partial charge < -0.3 is 10.4 Å². The molecule has 2 rings (SSSR count). The van der Waals surface area contributed by atoms with E-state index in [-0.39, 0.29) is 0 Å². The summed E-state index contributed by atoms with van der Waals surface area (Å²) in [7, 11) is 0. The molecule has 2 N–H and O–H groups in total. The van der Waals surface area contributed by atoms with E-state index in [0.29, 0.717) is 17.8 Å². The monoisotopic (exact) mass is 247 g/mol. The topological polar surface area (TPSA) is 32.3 Å². The molecule has 1 aliphatic carbocycles. The summed E-state index contributed by atoms with van der Waals surface area (Å²) >= 11 is 0. The zero-order valence-corrected chi connectivity index (χ0v) is 11.5. The highest BCUT2D eigenvalue weighted by Gasteiger charge is 2.22. The van der Waals surface area contributed by atoms with Crippen LogP contribution in [0.4, 0.5) is 0 Å². The van der Waals surface area contributed by atoms with Gasteiger partial charge in [-0.1, -0.05) is 38.3 Å². The molecule has 1 aromatic rings. The summed E-state index contributed by atoms with van der Waals surface area (Å²) in [6, 6.07) is 8.57. The van der Waals surface area contributed by atoms with E-state index in [0.717, 1.165) is 5.92 Å². The minimum Gasteiger partial charge on any atom is -0.508 e. The van der Waals surface area contributed by atoms with Gasteiger partial charge in [0, 0.05) is 12.1 Å². The van der Waals surface area contributed by atoms with Crippen molar-refractivity contribution in [2.75, 3.05) is 0 Å². The molecule has 2 nitrogen and oxygen atoms in total. The average Bonchev–Trinajstić information content (AvgIpc) is 2.39. The van der Waals surface area contributed by atoms with Crippen molar-refractivity contribution < 1.29 is 5.11 Å². The first-order valence-electron chi connectivity index (χ1n) is 7.24. The Morgan fingerprint density at radius 2 is 2.00 bits per heavy atom. The fraction of sp³-hybridized carbons (Fsp3) is 0.625. The zero-order chi connectivity index (χ0) is 13.0. The van der Waals surface area contributed by atoms with Crippen LogP contribution in [0.3, 0.4) is 0 Å². The summed E-state index contributed by atoms with van der Waals surface area (Å²) in [4.78, 5) is 0. The Hall–Kier alpha value is -1.02. The molecule has 0 spiro atoms. The molecule has 0 aliphatic heterocycles. The van der Waals surface area contributed by atoms with Crippen LogP contribution >= 0.6 is 0 Å². The highest BCUT2D eigenvalue weighted by Crippen LogP contribution is 2.28. The average molecular weight is 247 g/mol. The van der Waals surface area contributed by atoms with Crippen LogP contribution < -0.4 is 5.32 Å². The predicted molar refractivity (Wildman–Crippen MR) is 75.7 cm³/mol. The van der Waals surface area contributed by atoms with Gasteiger partial charge in [0.1, 0.15) is 5.75 Å². The first kappa shape index (κ1) is 13.4. The van der Waals surface area contributed by atoms with Crippen LogP contribution in [0.15, 0.2) is 24.3 Å². The van der Waals surface area contributed by atoms with Crippen LogP contribution in [-0.4, -0.2) is 11.1 Å². The van der Waals surface area contributed by atoms with Crippen molar-refractivity contribution in [1.82, 2.24) is 5.32 Å². The van der Waals surface area contributed by atoms with Gasteiger partial charge in [0.15, 0.2) is 0 Å². The molecule has 0 bridgehead atoms. The number of hydrogen-bond acceptors (Lipinski definition) is 2. The summed E-state index contributed by atoms with van der Waals surface area (Å²) < 4.78 is 0. The molecule has 3 unspecified atom stereocenters. The molecule has 100 valence electrons. The number of rotatable bonds is 4. The molecule has 0 heterocycles. The van der Waals surface area contributed by atoms with Crippen LogP contribution in [0.1, 0.15) is 57.6 Å². The molecule has 2 heteroatoms. The number of aromatic hydroxyl groups is 1. The van der Waals surface area contributed by atoms with Crippen molar-refractivity contribution in [3.05, 3.63) is 29.8 Å². The smallest absolute Gasteiger partial charge is 0.115 e. The second-order valence-corrected chi connectivity index (χ2v) is 5.62. The molecular formula is C16H25NO. The Labute approximate surface area is 110 Å². The third-order valence-corrected chi connectivity index (χ3v) is 4.24. The van der Waals surface area contributed by atoms with Gasteiger partial charge in [0.2, 0.25) is 0 Å². The Morgan fingerprint density at radius 1 is 1.28 bits per heavy atom. The lowest BCUT2D eigenvalue weighted by Gasteiger charge is -2.31. The molecule has 3 atom stereocenters. The van der Waals surface area contributed by atoms with E-state index < -0.39 is 0 Å². The van der Waals surface area contributed by atoms with Crippen LogP contribution in [0.5, 0.6) is 5.75 Å². The van der Waals surface area contributed by atoms with Gasteiger partial charge in [-0.3, -0.25) is 0 Å². The Kier molecular flexibility index (Phi) is 4.65. The Bertz CT molecular complexity index is 360. The zero-order valence-electron chi connectivity index (χ0n) is 11.5. The van der Waals surface area contributed by atoms with Crippen molar-refractivity contribution >= 4 is 0 Å². The lowest BCUT2D eigenvalue weighted by atomic mass is 9.84. The largest absolute Gasteiger partial charge is 0.508 e. The number of phenols is 1. The molecule has 0 saturated heterocycles. The highest BCUT2D eigenvalue weighted by molar-refractivity contribution is 5.27. The van der Waals surface area contributed by atoms with Crippen molar-refractivity contribution in [3.63, 3.8) is 0 Å². The third-order valence-electron chi connectivity index (χ3n) is 4.24. The number of phenolic OH excluding ortho intramolecular Hbond substituents is 1. The molecule has 0 radical (unpaired) electrons. The first-order chi connectivity index (χ1) is 8.69. The standard InChI is InChI=1S/C16H25NO/c1-3-13-5-4-6-15(11-13)17-12(2)14-7-9-16(18)10-8-14/h7-10,12-13,15,17-18H,3-6,11H2,1-2H3. The SMILES string of the molecule is CCC1CCCC(NC(C)c2ccc(O)cc2)C1. The maximum atomic E-state index is 9.31. The molecule has 18 heavy (non-hydrogen) atoms. The van der Waals surface area contributed by atoms with Gasteiger partial charge in [-0.15, -0.1) is 0 Å². The second-order valence-electron chi connectivity index (χ2n) is 5.62. The molecule has 0 amide bonds. The number of benzene rings is 1. The number of hydrogen-bond donors (Lipinski definition) is 2. The fourth-order valence-electron chi connectivity index (χ4n) is 3.03. The van der Waals surface area contributed by atoms with E-state index in [1.807, 2.05) is 12.1 Å². The molecular weight excluding hydrogens is 222 g/mol. The van der Waals surface area contributed by atoms with Gasteiger partial charge >= 0.3 is 0 Å². The maximum absolute atomic E-state index is 9.31. The van der Waals surface area contributed by atoms with Crippen LogP contribution in [-0.2, 0) is 0 Å². The van der Waals surface area contributed by atoms with Crippen molar-refractivity contribution in [2.45, 2.75) is 58.0 Å². The minimum absolute atomic E-state index is 0.342. The van der Waals surface area contributed by atoms with Gasteiger partial charge in [-0.25, -0.2) is 0 Å². The maximum Gasteiger partial charge on any atom is 0.115 e. The summed E-state index contributed by atoms with van der Waals surface area (Å²) in [5, 5.41) is 13.0. The highest BCUT2D eigenvalue weighted by atomic mass is 16.3. The van der Waals surface area contributed by atoms with E-state index in [2.05, 4.69) is 19.2 Å². The van der Waals surface area contributed by atoms with E-state index >= 15 is 0 Å². The summed E-state index contributed by atoms with van der Waals surface area (Å²) in [6.07, 6.45) is 6.70. The van der Waals surface area contributed by atoms with Gasteiger partial charge in [-0.05, 0) is 43.4 Å². The van der Waals surface area contributed by atoms with Gasteiger partial charge in [0.05, 0.1) is 0 Å². The van der Waals surface area contributed by atoms with Crippen molar-refractivity contribution in [2.24, 2.45) is 5.92 Å². The van der Waals surface area contributed by atoms with E-state index in [1.165, 1.54) is 37.7 Å². The lowest BCUT2D eigenvalue weighted by molar-refractivity contribution is 0.266. The van der Waals surface area contributed by atoms with E-state index in [1.54, 1.807) is 12.1 Å². The third kappa shape index (κ3) is 3.49. The molecule has 1 saturated carbocycles. The summed E-state index contributed by atoms with van der Waals surface area (Å²) in [6.45, 7) is 4.51. The summed E-state index contributed by atoms with van der Waals surface area (Å²) in [5.74, 6) is 1.25. The molecule has 1 aliphatic rings. The first-order valence-corrected chi connectivity index (χ1v) is 7.24. The van der Waals surface area contributed by atoms with E-state index in [4.69, 9.17) is 0 Å². The predicted octanol–water partition coefficient (Wildman–Crippen LogP) is 4.01. The number of nitrogens with one attached hydrogen (secondary N) is 1.